The Labute approximate surface area is 128 Å². The lowest BCUT2D eigenvalue weighted by Gasteiger charge is -2.19. The summed E-state index contributed by atoms with van der Waals surface area (Å²) < 4.78 is 23.4. The number of nitrogens with zero attached hydrogens (tertiary/aromatic N) is 1. The molecule has 1 aliphatic carbocycles. The smallest absolute Gasteiger partial charge is 0.309 e. The van der Waals surface area contributed by atoms with Crippen LogP contribution in [0, 0.1) is 11.7 Å². The second kappa shape index (κ2) is 6.73. The van der Waals surface area contributed by atoms with E-state index < -0.39 is 0 Å². The zero-order chi connectivity index (χ0) is 15.4. The molecule has 0 radical (unpaired) electrons. The van der Waals surface area contributed by atoms with Gasteiger partial charge in [-0.15, -0.1) is 0 Å². The van der Waals surface area contributed by atoms with Crippen molar-refractivity contribution >= 4 is 5.97 Å². The normalized spacial score (nSPS) is 15.7. The molecule has 1 aromatic carbocycles. The van der Waals surface area contributed by atoms with Crippen molar-refractivity contribution in [2.75, 3.05) is 0 Å². The molecule has 0 unspecified atom stereocenters. The molecule has 4 nitrogen and oxygen atoms in total. The van der Waals surface area contributed by atoms with Gasteiger partial charge in [0, 0.05) is 11.6 Å². The lowest BCUT2D eigenvalue weighted by atomic mass is 9.89. The van der Waals surface area contributed by atoms with Crippen LogP contribution in [-0.2, 0) is 16.1 Å². The maximum atomic E-state index is 12.9. The number of rotatable bonds is 4. The van der Waals surface area contributed by atoms with Crippen molar-refractivity contribution in [2.24, 2.45) is 5.92 Å². The van der Waals surface area contributed by atoms with Gasteiger partial charge < -0.3 is 9.26 Å². The van der Waals surface area contributed by atoms with Crippen molar-refractivity contribution in [1.82, 2.24) is 5.16 Å². The molecule has 5 heteroatoms. The first kappa shape index (κ1) is 14.8. The van der Waals surface area contributed by atoms with Gasteiger partial charge in [0.25, 0.3) is 0 Å². The molecule has 0 atom stereocenters. The predicted molar refractivity (Wildman–Crippen MR) is 78.3 cm³/mol. The minimum atomic E-state index is -0.301. The molecule has 1 aliphatic rings. The zero-order valence-corrected chi connectivity index (χ0v) is 12.3. The fraction of sp³-hybridized carbons (Fsp3) is 0.412. The summed E-state index contributed by atoms with van der Waals surface area (Å²) in [7, 11) is 0. The summed E-state index contributed by atoms with van der Waals surface area (Å²) in [5, 5.41) is 3.89. The number of ether oxygens (including phenoxy) is 1. The number of esters is 1. The minimum absolute atomic E-state index is 0.0252. The van der Waals surface area contributed by atoms with Crippen molar-refractivity contribution in [3.8, 4) is 11.3 Å². The molecule has 0 N–H and O–H groups in total. The van der Waals surface area contributed by atoms with Crippen molar-refractivity contribution in [1.29, 1.82) is 0 Å². The molecule has 116 valence electrons. The molecule has 3 rings (SSSR count). The number of carbonyl (C=O) groups excluding carboxylic acids is 1. The van der Waals surface area contributed by atoms with Crippen LogP contribution >= 0.6 is 0 Å². The SMILES string of the molecule is O=C(OCc1cc(-c2ccc(F)cc2)on1)C1CCCCC1. The summed E-state index contributed by atoms with van der Waals surface area (Å²) in [5.41, 5.74) is 1.29. The average molecular weight is 303 g/mol. The molecular formula is C17H18FNO3. The summed E-state index contributed by atoms with van der Waals surface area (Å²) in [6, 6.07) is 7.67. The molecule has 0 amide bonds. The maximum Gasteiger partial charge on any atom is 0.309 e. The predicted octanol–water partition coefficient (Wildman–Crippen LogP) is 4.10. The van der Waals surface area contributed by atoms with E-state index in [1.807, 2.05) is 0 Å². The van der Waals surface area contributed by atoms with Crippen molar-refractivity contribution in [3.63, 3.8) is 0 Å². The molecule has 2 aromatic rings. The molecule has 1 aromatic heterocycles. The molecule has 0 saturated heterocycles. The molecule has 0 bridgehead atoms. The largest absolute Gasteiger partial charge is 0.459 e. The molecule has 0 aliphatic heterocycles. The highest BCUT2D eigenvalue weighted by molar-refractivity contribution is 5.72. The number of benzene rings is 1. The summed E-state index contributed by atoms with van der Waals surface area (Å²) in [4.78, 5) is 12.0. The van der Waals surface area contributed by atoms with Gasteiger partial charge in [-0.25, -0.2) is 4.39 Å². The van der Waals surface area contributed by atoms with Gasteiger partial charge in [0.2, 0.25) is 0 Å². The standard InChI is InChI=1S/C17H18FNO3/c18-14-8-6-12(7-9-14)16-10-15(19-22-16)11-21-17(20)13-4-2-1-3-5-13/h6-10,13H,1-5,11H2. The van der Waals surface area contributed by atoms with Crippen LogP contribution < -0.4 is 0 Å². The van der Waals surface area contributed by atoms with Crippen LogP contribution in [0.1, 0.15) is 37.8 Å². The third-order valence-electron chi connectivity index (χ3n) is 3.99. The van der Waals surface area contributed by atoms with Gasteiger partial charge in [0.15, 0.2) is 5.76 Å². The van der Waals surface area contributed by atoms with Gasteiger partial charge in [-0.3, -0.25) is 4.79 Å². The van der Waals surface area contributed by atoms with Crippen LogP contribution in [0.25, 0.3) is 11.3 Å². The number of halogens is 1. The van der Waals surface area contributed by atoms with Gasteiger partial charge in [0.05, 0.1) is 5.92 Å². The van der Waals surface area contributed by atoms with Crippen LogP contribution in [0.5, 0.6) is 0 Å². The lowest BCUT2D eigenvalue weighted by Crippen LogP contribution is -2.20. The summed E-state index contributed by atoms with van der Waals surface area (Å²) >= 11 is 0. The molecule has 0 spiro atoms. The second-order valence-corrected chi connectivity index (χ2v) is 5.63. The monoisotopic (exact) mass is 303 g/mol. The van der Waals surface area contributed by atoms with E-state index >= 15 is 0 Å². The third kappa shape index (κ3) is 3.53. The van der Waals surface area contributed by atoms with Crippen molar-refractivity contribution < 1.29 is 18.4 Å². The molecule has 1 heterocycles. The van der Waals surface area contributed by atoms with E-state index in [0.717, 1.165) is 31.2 Å². The van der Waals surface area contributed by atoms with Crippen LogP contribution in [-0.4, -0.2) is 11.1 Å². The Morgan fingerprint density at radius 2 is 1.95 bits per heavy atom. The Morgan fingerprint density at radius 1 is 1.23 bits per heavy atom. The number of aromatic nitrogens is 1. The van der Waals surface area contributed by atoms with Crippen LogP contribution in [0.15, 0.2) is 34.9 Å². The third-order valence-corrected chi connectivity index (χ3v) is 3.99. The van der Waals surface area contributed by atoms with Gasteiger partial charge in [-0.2, -0.15) is 0 Å². The van der Waals surface area contributed by atoms with E-state index in [2.05, 4.69) is 5.16 Å². The Morgan fingerprint density at radius 3 is 2.68 bits per heavy atom. The summed E-state index contributed by atoms with van der Waals surface area (Å²) in [6.07, 6.45) is 5.22. The second-order valence-electron chi connectivity index (χ2n) is 5.63. The molecule has 1 fully saturated rings. The molecule has 1 saturated carbocycles. The minimum Gasteiger partial charge on any atom is -0.459 e. The van der Waals surface area contributed by atoms with E-state index in [1.165, 1.54) is 18.6 Å². The van der Waals surface area contributed by atoms with E-state index in [4.69, 9.17) is 9.26 Å². The lowest BCUT2D eigenvalue weighted by molar-refractivity contribution is -0.151. The summed E-state index contributed by atoms with van der Waals surface area (Å²) in [6.45, 7) is 0.111. The van der Waals surface area contributed by atoms with E-state index in [1.54, 1.807) is 18.2 Å². The number of carbonyl (C=O) groups is 1. The topological polar surface area (TPSA) is 52.3 Å². The quantitative estimate of drug-likeness (QED) is 0.798. The Bertz CT molecular complexity index is 630. The Hall–Kier alpha value is -2.17. The Kier molecular flexibility index (Phi) is 4.51. The fourth-order valence-electron chi connectivity index (χ4n) is 2.73. The maximum absolute atomic E-state index is 12.9. The highest BCUT2D eigenvalue weighted by Gasteiger charge is 2.22. The zero-order valence-electron chi connectivity index (χ0n) is 12.3. The van der Waals surface area contributed by atoms with Crippen molar-refractivity contribution in [3.05, 3.63) is 41.8 Å². The van der Waals surface area contributed by atoms with Crippen LogP contribution in [0.3, 0.4) is 0 Å². The molecular weight excluding hydrogens is 285 g/mol. The van der Waals surface area contributed by atoms with Gasteiger partial charge in [-0.05, 0) is 37.1 Å². The average Bonchev–Trinajstić information content (AvgIpc) is 3.03. The van der Waals surface area contributed by atoms with E-state index in [0.29, 0.717) is 11.5 Å². The molecule has 22 heavy (non-hydrogen) atoms. The van der Waals surface area contributed by atoms with Gasteiger partial charge >= 0.3 is 5.97 Å². The van der Waals surface area contributed by atoms with Crippen LogP contribution in [0.2, 0.25) is 0 Å². The number of hydrogen-bond donors (Lipinski definition) is 0. The first-order chi connectivity index (χ1) is 10.7. The van der Waals surface area contributed by atoms with E-state index in [9.17, 15) is 9.18 Å². The first-order valence-corrected chi connectivity index (χ1v) is 7.60. The van der Waals surface area contributed by atoms with Crippen molar-refractivity contribution in [2.45, 2.75) is 38.7 Å². The highest BCUT2D eigenvalue weighted by atomic mass is 19.1. The van der Waals surface area contributed by atoms with E-state index in [-0.39, 0.29) is 24.3 Å². The Balaban J connectivity index is 1.57. The fourth-order valence-corrected chi connectivity index (χ4v) is 2.73. The highest BCUT2D eigenvalue weighted by Crippen LogP contribution is 2.25. The first-order valence-electron chi connectivity index (χ1n) is 7.60. The van der Waals surface area contributed by atoms with Gasteiger partial charge in [-0.1, -0.05) is 24.4 Å². The number of hydrogen-bond acceptors (Lipinski definition) is 4. The van der Waals surface area contributed by atoms with Crippen LogP contribution in [0.4, 0.5) is 4.39 Å². The van der Waals surface area contributed by atoms with Gasteiger partial charge in [0.1, 0.15) is 18.1 Å². The summed E-state index contributed by atoms with van der Waals surface area (Å²) in [5.74, 6) is 0.108.